The highest BCUT2D eigenvalue weighted by atomic mass is 16.5. The van der Waals surface area contributed by atoms with E-state index in [0.29, 0.717) is 12.5 Å². The fourth-order valence-electron chi connectivity index (χ4n) is 2.55. The SMILES string of the molecule is COC[C@@H]1CN(C(C)=O)CCN(c2cc(C)ncn2)C1. The van der Waals surface area contributed by atoms with Gasteiger partial charge in [0.2, 0.25) is 5.91 Å². The number of amides is 1. The lowest BCUT2D eigenvalue weighted by atomic mass is 10.1. The molecular weight excluding hydrogens is 256 g/mol. The fraction of sp³-hybridized carbons (Fsp3) is 0.643. The van der Waals surface area contributed by atoms with Crippen LogP contribution in [0.1, 0.15) is 12.6 Å². The second kappa shape index (κ2) is 6.65. The second-order valence-corrected chi connectivity index (χ2v) is 5.25. The quantitative estimate of drug-likeness (QED) is 0.815. The van der Waals surface area contributed by atoms with E-state index in [1.807, 2.05) is 17.9 Å². The first-order valence-electron chi connectivity index (χ1n) is 6.88. The minimum Gasteiger partial charge on any atom is -0.384 e. The molecule has 20 heavy (non-hydrogen) atoms. The van der Waals surface area contributed by atoms with Crippen LogP contribution in [0.2, 0.25) is 0 Å². The Kier molecular flexibility index (Phi) is 4.89. The summed E-state index contributed by atoms with van der Waals surface area (Å²) in [5.74, 6) is 1.33. The molecule has 0 saturated carbocycles. The highest BCUT2D eigenvalue weighted by Crippen LogP contribution is 2.17. The number of carbonyl (C=O) groups is 1. The molecule has 0 aliphatic carbocycles. The summed E-state index contributed by atoms with van der Waals surface area (Å²) in [5.41, 5.74) is 0.950. The summed E-state index contributed by atoms with van der Waals surface area (Å²) in [6.07, 6.45) is 1.59. The maximum atomic E-state index is 11.6. The van der Waals surface area contributed by atoms with E-state index in [2.05, 4.69) is 14.9 Å². The van der Waals surface area contributed by atoms with Crippen LogP contribution < -0.4 is 4.90 Å². The van der Waals surface area contributed by atoms with Gasteiger partial charge in [-0.05, 0) is 6.92 Å². The molecule has 6 heteroatoms. The first kappa shape index (κ1) is 14.7. The van der Waals surface area contributed by atoms with Crippen molar-refractivity contribution in [3.05, 3.63) is 18.1 Å². The molecule has 1 atom stereocenters. The molecule has 0 N–H and O–H groups in total. The minimum absolute atomic E-state index is 0.117. The summed E-state index contributed by atoms with van der Waals surface area (Å²) in [7, 11) is 1.70. The molecule has 0 bridgehead atoms. The average molecular weight is 278 g/mol. The van der Waals surface area contributed by atoms with Gasteiger partial charge < -0.3 is 14.5 Å². The molecule has 0 aromatic carbocycles. The van der Waals surface area contributed by atoms with E-state index in [0.717, 1.165) is 37.7 Å². The molecule has 2 heterocycles. The molecule has 1 amide bonds. The maximum Gasteiger partial charge on any atom is 0.219 e. The normalized spacial score (nSPS) is 19.9. The Labute approximate surface area is 119 Å². The van der Waals surface area contributed by atoms with Crippen molar-refractivity contribution in [1.82, 2.24) is 14.9 Å². The van der Waals surface area contributed by atoms with Crippen LogP contribution in [0.5, 0.6) is 0 Å². The third kappa shape index (κ3) is 3.66. The predicted molar refractivity (Wildman–Crippen MR) is 76.6 cm³/mol. The number of rotatable bonds is 3. The van der Waals surface area contributed by atoms with Crippen LogP contribution in [0.4, 0.5) is 5.82 Å². The number of nitrogens with zero attached hydrogens (tertiary/aromatic N) is 4. The van der Waals surface area contributed by atoms with Gasteiger partial charge in [0.1, 0.15) is 12.1 Å². The van der Waals surface area contributed by atoms with Crippen LogP contribution >= 0.6 is 0 Å². The van der Waals surface area contributed by atoms with E-state index in [-0.39, 0.29) is 5.91 Å². The summed E-state index contributed by atoms with van der Waals surface area (Å²) in [6, 6.07) is 1.98. The zero-order valence-electron chi connectivity index (χ0n) is 12.4. The number of hydrogen-bond acceptors (Lipinski definition) is 5. The van der Waals surface area contributed by atoms with Gasteiger partial charge in [0.15, 0.2) is 0 Å². The molecule has 0 spiro atoms. The predicted octanol–water partition coefficient (Wildman–Crippen LogP) is 0.716. The third-order valence-corrected chi connectivity index (χ3v) is 3.56. The Bertz CT molecular complexity index is 466. The first-order chi connectivity index (χ1) is 9.60. The van der Waals surface area contributed by atoms with Crippen molar-refractivity contribution in [3.8, 4) is 0 Å². The lowest BCUT2D eigenvalue weighted by Gasteiger charge is -2.24. The summed E-state index contributed by atoms with van der Waals surface area (Å²) in [5, 5.41) is 0. The van der Waals surface area contributed by atoms with Gasteiger partial charge >= 0.3 is 0 Å². The van der Waals surface area contributed by atoms with Crippen LogP contribution in [0.3, 0.4) is 0 Å². The van der Waals surface area contributed by atoms with Crippen molar-refractivity contribution < 1.29 is 9.53 Å². The molecule has 1 saturated heterocycles. The Morgan fingerprint density at radius 3 is 2.85 bits per heavy atom. The summed E-state index contributed by atoms with van der Waals surface area (Å²) in [4.78, 5) is 24.2. The summed E-state index contributed by atoms with van der Waals surface area (Å²) >= 11 is 0. The van der Waals surface area contributed by atoms with Gasteiger partial charge in [-0.1, -0.05) is 0 Å². The van der Waals surface area contributed by atoms with E-state index < -0.39 is 0 Å². The van der Waals surface area contributed by atoms with Crippen molar-refractivity contribution in [2.24, 2.45) is 5.92 Å². The van der Waals surface area contributed by atoms with Crippen LogP contribution in [0.15, 0.2) is 12.4 Å². The third-order valence-electron chi connectivity index (χ3n) is 3.56. The molecule has 2 rings (SSSR count). The number of hydrogen-bond donors (Lipinski definition) is 0. The molecule has 1 fully saturated rings. The van der Waals surface area contributed by atoms with Gasteiger partial charge in [-0.15, -0.1) is 0 Å². The number of ether oxygens (including phenoxy) is 1. The lowest BCUT2D eigenvalue weighted by molar-refractivity contribution is -0.129. The Hall–Kier alpha value is -1.69. The van der Waals surface area contributed by atoms with Crippen LogP contribution in [-0.4, -0.2) is 60.7 Å². The smallest absolute Gasteiger partial charge is 0.219 e. The molecule has 0 unspecified atom stereocenters. The van der Waals surface area contributed by atoms with Crippen molar-refractivity contribution in [1.29, 1.82) is 0 Å². The lowest BCUT2D eigenvalue weighted by Crippen LogP contribution is -2.35. The van der Waals surface area contributed by atoms with Gasteiger partial charge in [0.05, 0.1) is 6.61 Å². The zero-order chi connectivity index (χ0) is 14.5. The number of aromatic nitrogens is 2. The van der Waals surface area contributed by atoms with E-state index in [1.165, 1.54) is 0 Å². The van der Waals surface area contributed by atoms with Crippen LogP contribution in [0, 0.1) is 12.8 Å². The van der Waals surface area contributed by atoms with Crippen molar-refractivity contribution >= 4 is 11.7 Å². The van der Waals surface area contributed by atoms with Gasteiger partial charge in [0, 0.05) is 57.9 Å². The van der Waals surface area contributed by atoms with E-state index in [4.69, 9.17) is 4.74 Å². The molecule has 1 aromatic rings. The van der Waals surface area contributed by atoms with Gasteiger partial charge in [0.25, 0.3) is 0 Å². The van der Waals surface area contributed by atoms with E-state index in [1.54, 1.807) is 20.4 Å². The number of anilines is 1. The van der Waals surface area contributed by atoms with Gasteiger partial charge in [-0.2, -0.15) is 0 Å². The number of aryl methyl sites for hydroxylation is 1. The van der Waals surface area contributed by atoms with Gasteiger partial charge in [-0.25, -0.2) is 9.97 Å². The zero-order valence-corrected chi connectivity index (χ0v) is 12.4. The summed E-state index contributed by atoms with van der Waals surface area (Å²) in [6.45, 7) is 7.31. The maximum absolute atomic E-state index is 11.6. The van der Waals surface area contributed by atoms with Crippen LogP contribution in [0.25, 0.3) is 0 Å². The van der Waals surface area contributed by atoms with Crippen molar-refractivity contribution in [3.63, 3.8) is 0 Å². The van der Waals surface area contributed by atoms with Gasteiger partial charge in [-0.3, -0.25) is 4.79 Å². The van der Waals surface area contributed by atoms with E-state index in [9.17, 15) is 4.79 Å². The standard InChI is InChI=1S/C14H22N4O2/c1-11-6-14(16-10-15-11)18-5-4-17(12(2)19)7-13(8-18)9-20-3/h6,10,13H,4-5,7-9H2,1-3H3/t13-/m1/s1. The second-order valence-electron chi connectivity index (χ2n) is 5.25. The van der Waals surface area contributed by atoms with Crippen molar-refractivity contribution in [2.75, 3.05) is 44.8 Å². The minimum atomic E-state index is 0.117. The molecule has 1 aliphatic heterocycles. The fourth-order valence-corrected chi connectivity index (χ4v) is 2.55. The number of carbonyl (C=O) groups excluding carboxylic acids is 1. The first-order valence-corrected chi connectivity index (χ1v) is 6.88. The molecule has 1 aromatic heterocycles. The number of methoxy groups -OCH3 is 1. The molecule has 1 aliphatic rings. The van der Waals surface area contributed by atoms with E-state index >= 15 is 0 Å². The van der Waals surface area contributed by atoms with Crippen LogP contribution in [-0.2, 0) is 9.53 Å². The topological polar surface area (TPSA) is 58.6 Å². The molecular formula is C14H22N4O2. The summed E-state index contributed by atoms with van der Waals surface area (Å²) < 4.78 is 5.28. The molecule has 0 radical (unpaired) electrons. The average Bonchev–Trinajstić information content (AvgIpc) is 2.62. The molecule has 110 valence electrons. The van der Waals surface area contributed by atoms with Crippen molar-refractivity contribution in [2.45, 2.75) is 13.8 Å². The Morgan fingerprint density at radius 2 is 2.20 bits per heavy atom. The highest BCUT2D eigenvalue weighted by molar-refractivity contribution is 5.73. The monoisotopic (exact) mass is 278 g/mol. The Morgan fingerprint density at radius 1 is 1.40 bits per heavy atom. The molecule has 6 nitrogen and oxygen atoms in total. The largest absolute Gasteiger partial charge is 0.384 e. The Balaban J connectivity index is 2.15. The highest BCUT2D eigenvalue weighted by Gasteiger charge is 2.24.